The molecule has 0 spiro atoms. The molecule has 0 heterocycles. The molecule has 0 bridgehead atoms. The van der Waals surface area contributed by atoms with E-state index in [2.05, 4.69) is 20.8 Å². The third-order valence-electron chi connectivity index (χ3n) is 4.15. The first-order valence-electron chi connectivity index (χ1n) is 7.08. The number of hydrogen-bond acceptors (Lipinski definition) is 1. The molecule has 0 radical (unpaired) electrons. The largest absolute Gasteiger partial charge is 0.384 e. The first-order valence-corrected chi connectivity index (χ1v) is 7.46. The topological polar surface area (TPSA) is 20.2 Å². The van der Waals surface area contributed by atoms with Gasteiger partial charge in [0.1, 0.15) is 11.9 Å². The van der Waals surface area contributed by atoms with Gasteiger partial charge >= 0.3 is 0 Å². The second-order valence-corrected chi connectivity index (χ2v) is 6.34. The van der Waals surface area contributed by atoms with Crippen molar-refractivity contribution in [3.63, 3.8) is 0 Å². The maximum Gasteiger partial charge on any atom is 0.141 e. The van der Waals surface area contributed by atoms with Crippen LogP contribution >= 0.6 is 11.6 Å². The lowest BCUT2D eigenvalue weighted by Gasteiger charge is -2.24. The average molecular weight is 307 g/mol. The number of benzene rings is 2. The van der Waals surface area contributed by atoms with Crippen LogP contribution in [-0.2, 0) is 5.41 Å². The molecule has 0 saturated heterocycles. The second kappa shape index (κ2) is 6.17. The number of halogens is 2. The summed E-state index contributed by atoms with van der Waals surface area (Å²) < 4.78 is 13.2. The monoisotopic (exact) mass is 306 g/mol. The SMILES string of the molecule is CCC(C)(C)c1ccc(C(O)c2ccc(F)c(Cl)c2)cc1. The summed E-state index contributed by atoms with van der Waals surface area (Å²) in [5, 5.41) is 10.4. The molecule has 2 aromatic carbocycles. The molecule has 0 aromatic heterocycles. The van der Waals surface area contributed by atoms with Crippen molar-refractivity contribution in [3.05, 3.63) is 70.0 Å². The van der Waals surface area contributed by atoms with Crippen LogP contribution in [0, 0.1) is 5.82 Å². The van der Waals surface area contributed by atoms with E-state index in [4.69, 9.17) is 11.6 Å². The van der Waals surface area contributed by atoms with Gasteiger partial charge in [0.15, 0.2) is 0 Å². The lowest BCUT2D eigenvalue weighted by Crippen LogP contribution is -2.15. The highest BCUT2D eigenvalue weighted by atomic mass is 35.5. The molecule has 1 atom stereocenters. The highest BCUT2D eigenvalue weighted by Crippen LogP contribution is 2.30. The fraction of sp³-hybridized carbons (Fsp3) is 0.333. The summed E-state index contributed by atoms with van der Waals surface area (Å²) in [5.74, 6) is -0.479. The smallest absolute Gasteiger partial charge is 0.141 e. The Kier molecular flexibility index (Phi) is 4.70. The molecular weight excluding hydrogens is 287 g/mol. The van der Waals surface area contributed by atoms with E-state index in [9.17, 15) is 9.50 Å². The molecule has 2 aromatic rings. The van der Waals surface area contributed by atoms with Gasteiger partial charge in [0.05, 0.1) is 5.02 Å². The molecule has 1 nitrogen and oxygen atoms in total. The first-order chi connectivity index (χ1) is 9.85. The van der Waals surface area contributed by atoms with Crippen molar-refractivity contribution < 1.29 is 9.50 Å². The Balaban J connectivity index is 2.27. The summed E-state index contributed by atoms with van der Waals surface area (Å²) in [7, 11) is 0. The van der Waals surface area contributed by atoms with Crippen molar-refractivity contribution in [2.75, 3.05) is 0 Å². The Labute approximate surface area is 130 Å². The van der Waals surface area contributed by atoms with Crippen LogP contribution < -0.4 is 0 Å². The molecule has 2 rings (SSSR count). The Morgan fingerprint density at radius 3 is 2.19 bits per heavy atom. The number of hydrogen-bond donors (Lipinski definition) is 1. The lowest BCUT2D eigenvalue weighted by molar-refractivity contribution is 0.220. The predicted octanol–water partition coefficient (Wildman–Crippen LogP) is 5.25. The molecule has 1 N–H and O–H groups in total. The number of aliphatic hydroxyl groups is 1. The van der Waals surface area contributed by atoms with Crippen LogP contribution in [0.15, 0.2) is 42.5 Å². The molecule has 0 aliphatic carbocycles. The van der Waals surface area contributed by atoms with Gasteiger partial charge in [-0.15, -0.1) is 0 Å². The summed E-state index contributed by atoms with van der Waals surface area (Å²) in [6, 6.07) is 12.2. The summed E-state index contributed by atoms with van der Waals surface area (Å²) in [6.45, 7) is 6.54. The molecule has 0 saturated carbocycles. The van der Waals surface area contributed by atoms with Gasteiger partial charge in [-0.2, -0.15) is 0 Å². The van der Waals surface area contributed by atoms with Crippen LogP contribution in [0.1, 0.15) is 50.0 Å². The summed E-state index contributed by atoms with van der Waals surface area (Å²) in [5.41, 5.74) is 2.71. The minimum absolute atomic E-state index is 0.0234. The van der Waals surface area contributed by atoms with E-state index in [1.165, 1.54) is 17.7 Å². The van der Waals surface area contributed by atoms with Gasteiger partial charge in [-0.1, -0.05) is 62.7 Å². The van der Waals surface area contributed by atoms with E-state index in [1.54, 1.807) is 6.07 Å². The Hall–Kier alpha value is -1.38. The lowest BCUT2D eigenvalue weighted by atomic mass is 9.82. The van der Waals surface area contributed by atoms with Crippen LogP contribution in [0.4, 0.5) is 4.39 Å². The third kappa shape index (κ3) is 3.45. The zero-order chi connectivity index (χ0) is 15.6. The molecule has 1 unspecified atom stereocenters. The van der Waals surface area contributed by atoms with Gasteiger partial charge < -0.3 is 5.11 Å². The van der Waals surface area contributed by atoms with Crippen LogP contribution in [0.5, 0.6) is 0 Å². The van der Waals surface area contributed by atoms with Crippen molar-refractivity contribution in [2.24, 2.45) is 0 Å². The number of rotatable bonds is 4. The zero-order valence-corrected chi connectivity index (χ0v) is 13.3. The summed E-state index contributed by atoms with van der Waals surface area (Å²) >= 11 is 5.76. The molecule has 0 amide bonds. The van der Waals surface area contributed by atoms with E-state index in [0.29, 0.717) is 5.56 Å². The second-order valence-electron chi connectivity index (χ2n) is 5.94. The summed E-state index contributed by atoms with van der Waals surface area (Å²) in [6.07, 6.45) is 0.240. The minimum atomic E-state index is -0.804. The molecule has 0 aliphatic heterocycles. The number of aliphatic hydroxyl groups excluding tert-OH is 1. The fourth-order valence-electron chi connectivity index (χ4n) is 2.20. The van der Waals surface area contributed by atoms with Crippen molar-refractivity contribution in [1.82, 2.24) is 0 Å². The van der Waals surface area contributed by atoms with E-state index in [-0.39, 0.29) is 10.4 Å². The van der Waals surface area contributed by atoms with Gasteiger partial charge in [-0.3, -0.25) is 0 Å². The van der Waals surface area contributed by atoms with Gasteiger partial charge in [0.2, 0.25) is 0 Å². The molecule has 112 valence electrons. The minimum Gasteiger partial charge on any atom is -0.384 e. The Morgan fingerprint density at radius 2 is 1.67 bits per heavy atom. The Bertz CT molecular complexity index is 620. The maximum absolute atomic E-state index is 13.2. The summed E-state index contributed by atoms with van der Waals surface area (Å²) in [4.78, 5) is 0. The van der Waals surface area contributed by atoms with Crippen LogP contribution in [0.3, 0.4) is 0 Å². The molecule has 0 fully saturated rings. The van der Waals surface area contributed by atoms with E-state index >= 15 is 0 Å². The van der Waals surface area contributed by atoms with Crippen molar-refractivity contribution in [3.8, 4) is 0 Å². The van der Waals surface area contributed by atoms with E-state index in [0.717, 1.165) is 12.0 Å². The highest BCUT2D eigenvalue weighted by molar-refractivity contribution is 6.30. The molecular formula is C18H20ClFO. The predicted molar refractivity (Wildman–Crippen MR) is 85.2 cm³/mol. The molecule has 21 heavy (non-hydrogen) atoms. The normalized spacial score (nSPS) is 13.2. The van der Waals surface area contributed by atoms with Crippen LogP contribution in [-0.4, -0.2) is 5.11 Å². The molecule has 0 aliphatic rings. The zero-order valence-electron chi connectivity index (χ0n) is 12.5. The Morgan fingerprint density at radius 1 is 1.10 bits per heavy atom. The third-order valence-corrected chi connectivity index (χ3v) is 4.44. The van der Waals surface area contributed by atoms with E-state index in [1.807, 2.05) is 24.3 Å². The van der Waals surface area contributed by atoms with Gasteiger partial charge in [0, 0.05) is 0 Å². The van der Waals surface area contributed by atoms with Gasteiger partial charge in [-0.25, -0.2) is 4.39 Å². The fourth-order valence-corrected chi connectivity index (χ4v) is 2.38. The van der Waals surface area contributed by atoms with E-state index < -0.39 is 11.9 Å². The van der Waals surface area contributed by atoms with Crippen molar-refractivity contribution in [1.29, 1.82) is 0 Å². The van der Waals surface area contributed by atoms with Crippen molar-refractivity contribution in [2.45, 2.75) is 38.7 Å². The van der Waals surface area contributed by atoms with Gasteiger partial charge in [0.25, 0.3) is 0 Å². The molecule has 3 heteroatoms. The van der Waals surface area contributed by atoms with Gasteiger partial charge in [-0.05, 0) is 40.7 Å². The van der Waals surface area contributed by atoms with Crippen LogP contribution in [0.2, 0.25) is 5.02 Å². The first kappa shape index (κ1) is 16.0. The van der Waals surface area contributed by atoms with Crippen molar-refractivity contribution >= 4 is 11.6 Å². The highest BCUT2D eigenvalue weighted by Gasteiger charge is 2.19. The van der Waals surface area contributed by atoms with Crippen LogP contribution in [0.25, 0.3) is 0 Å². The average Bonchev–Trinajstić information content (AvgIpc) is 2.49. The quantitative estimate of drug-likeness (QED) is 0.818. The standard InChI is InChI=1S/C18H20ClFO/c1-4-18(2,3)14-8-5-12(6-9-14)17(21)13-7-10-16(20)15(19)11-13/h5-11,17,21H,4H2,1-3H3. The maximum atomic E-state index is 13.2.